The van der Waals surface area contributed by atoms with Crippen molar-refractivity contribution in [2.75, 3.05) is 10.0 Å². The highest BCUT2D eigenvalue weighted by atomic mass is 35.5. The first-order valence-corrected chi connectivity index (χ1v) is 12.4. The summed E-state index contributed by atoms with van der Waals surface area (Å²) in [6.45, 7) is 0.0326. The number of hydrogen-bond donors (Lipinski definition) is 2. The Balaban J connectivity index is 1.36. The standard InChI is InChI=1S/C22H15Cl3N4O5S/c23-16-2-1-3-17(21(16)25)33-12-14-6-9-18(34-14)22(30)26-13-4-7-15(8-5-13)35(31,32)29-20-11-10-19(24)27-28-20/h1-11H,12H2,(H,26,30)(H,28,29). The van der Waals surface area contributed by atoms with E-state index in [0.29, 0.717) is 22.2 Å². The van der Waals surface area contributed by atoms with Crippen LogP contribution < -0.4 is 14.8 Å². The van der Waals surface area contributed by atoms with E-state index in [4.69, 9.17) is 44.0 Å². The first-order valence-electron chi connectivity index (χ1n) is 9.80. The van der Waals surface area contributed by atoms with Gasteiger partial charge < -0.3 is 14.5 Å². The smallest absolute Gasteiger partial charge is 0.291 e. The van der Waals surface area contributed by atoms with Crippen molar-refractivity contribution in [3.05, 3.63) is 93.4 Å². The van der Waals surface area contributed by atoms with Gasteiger partial charge in [0, 0.05) is 5.69 Å². The van der Waals surface area contributed by atoms with E-state index in [1.165, 1.54) is 42.5 Å². The highest BCUT2D eigenvalue weighted by Gasteiger charge is 2.17. The first-order chi connectivity index (χ1) is 16.7. The summed E-state index contributed by atoms with van der Waals surface area (Å²) in [6, 6.07) is 16.4. The third kappa shape index (κ3) is 6.23. The molecule has 180 valence electrons. The molecule has 0 aliphatic carbocycles. The van der Waals surface area contributed by atoms with Crippen molar-refractivity contribution in [2.24, 2.45) is 0 Å². The Kier molecular flexibility index (Phi) is 7.46. The minimum atomic E-state index is -3.91. The minimum absolute atomic E-state index is 0.0158. The molecule has 9 nitrogen and oxygen atoms in total. The number of carbonyl (C=O) groups excluding carboxylic acids is 1. The van der Waals surface area contributed by atoms with Gasteiger partial charge in [0.15, 0.2) is 16.7 Å². The molecular formula is C22H15Cl3N4O5S. The fraction of sp³-hybridized carbons (Fsp3) is 0.0455. The maximum atomic E-state index is 12.5. The lowest BCUT2D eigenvalue weighted by atomic mass is 10.3. The number of hydrogen-bond acceptors (Lipinski definition) is 7. The second-order valence-electron chi connectivity index (χ2n) is 6.93. The second kappa shape index (κ2) is 10.5. The molecule has 0 aliphatic heterocycles. The van der Waals surface area contributed by atoms with Gasteiger partial charge in [-0.1, -0.05) is 40.9 Å². The van der Waals surface area contributed by atoms with Crippen LogP contribution in [0.25, 0.3) is 0 Å². The Morgan fingerprint density at radius 2 is 1.71 bits per heavy atom. The molecule has 4 aromatic rings. The van der Waals surface area contributed by atoms with Gasteiger partial charge in [-0.2, -0.15) is 0 Å². The molecule has 0 radical (unpaired) electrons. The average Bonchev–Trinajstić information content (AvgIpc) is 3.31. The maximum absolute atomic E-state index is 12.5. The predicted octanol–water partition coefficient (Wildman–Crippen LogP) is 5.66. The van der Waals surface area contributed by atoms with Crippen LogP contribution in [0.3, 0.4) is 0 Å². The summed E-state index contributed by atoms with van der Waals surface area (Å²) in [5.41, 5.74) is 0.361. The Morgan fingerprint density at radius 3 is 2.43 bits per heavy atom. The van der Waals surface area contributed by atoms with Crippen LogP contribution in [0.4, 0.5) is 11.5 Å². The van der Waals surface area contributed by atoms with Crippen molar-refractivity contribution < 1.29 is 22.4 Å². The highest BCUT2D eigenvalue weighted by Crippen LogP contribution is 2.32. The molecule has 0 aliphatic rings. The number of ether oxygens (including phenoxy) is 1. The van der Waals surface area contributed by atoms with Crippen LogP contribution in [0, 0.1) is 0 Å². The number of rotatable bonds is 8. The van der Waals surface area contributed by atoms with E-state index in [1.54, 1.807) is 24.3 Å². The third-order valence-electron chi connectivity index (χ3n) is 4.46. The molecule has 35 heavy (non-hydrogen) atoms. The summed E-state index contributed by atoms with van der Waals surface area (Å²) >= 11 is 17.7. The molecule has 0 spiro atoms. The van der Waals surface area contributed by atoms with Crippen LogP contribution in [0.2, 0.25) is 15.2 Å². The van der Waals surface area contributed by atoms with Gasteiger partial charge in [-0.25, -0.2) is 8.42 Å². The molecule has 2 aromatic carbocycles. The number of aromatic nitrogens is 2. The molecule has 0 fully saturated rings. The number of benzene rings is 2. The lowest BCUT2D eigenvalue weighted by molar-refractivity contribution is 0.0992. The molecule has 4 rings (SSSR count). The largest absolute Gasteiger partial charge is 0.484 e. The lowest BCUT2D eigenvalue weighted by Gasteiger charge is -2.08. The SMILES string of the molecule is O=C(Nc1ccc(S(=O)(=O)Nc2ccc(Cl)nn2)cc1)c1ccc(COc2cccc(Cl)c2Cl)o1. The van der Waals surface area contributed by atoms with E-state index < -0.39 is 15.9 Å². The van der Waals surface area contributed by atoms with Crippen LogP contribution in [0.15, 0.2) is 76.0 Å². The van der Waals surface area contributed by atoms with Crippen molar-refractivity contribution in [3.63, 3.8) is 0 Å². The molecule has 1 amide bonds. The van der Waals surface area contributed by atoms with E-state index in [1.807, 2.05) is 0 Å². The van der Waals surface area contributed by atoms with E-state index >= 15 is 0 Å². The Labute approximate surface area is 215 Å². The van der Waals surface area contributed by atoms with Gasteiger partial charge in [0.1, 0.15) is 23.1 Å². The number of nitrogens with zero attached hydrogens (tertiary/aromatic N) is 2. The number of halogens is 3. The zero-order valence-electron chi connectivity index (χ0n) is 17.5. The van der Waals surface area contributed by atoms with E-state index in [2.05, 4.69) is 20.2 Å². The Bertz CT molecular complexity index is 1460. The van der Waals surface area contributed by atoms with Crippen molar-refractivity contribution in [1.82, 2.24) is 10.2 Å². The summed E-state index contributed by atoms with van der Waals surface area (Å²) in [6.07, 6.45) is 0. The van der Waals surface area contributed by atoms with Gasteiger partial charge in [-0.3, -0.25) is 9.52 Å². The van der Waals surface area contributed by atoms with Crippen LogP contribution in [-0.4, -0.2) is 24.5 Å². The number of nitrogens with one attached hydrogen (secondary N) is 2. The average molecular weight is 554 g/mol. The Hall–Kier alpha value is -3.31. The minimum Gasteiger partial charge on any atom is -0.484 e. The summed E-state index contributed by atoms with van der Waals surface area (Å²) in [5.74, 6) is 0.308. The number of furan rings is 1. The van der Waals surface area contributed by atoms with Crippen molar-refractivity contribution >= 4 is 62.2 Å². The van der Waals surface area contributed by atoms with Gasteiger partial charge in [0.05, 0.1) is 9.92 Å². The van der Waals surface area contributed by atoms with Crippen LogP contribution in [-0.2, 0) is 16.6 Å². The topological polar surface area (TPSA) is 123 Å². The monoisotopic (exact) mass is 552 g/mol. The number of carbonyl (C=O) groups is 1. The molecule has 0 bridgehead atoms. The van der Waals surface area contributed by atoms with Crippen LogP contribution in [0.5, 0.6) is 5.75 Å². The van der Waals surface area contributed by atoms with Crippen molar-refractivity contribution in [3.8, 4) is 5.75 Å². The normalized spacial score (nSPS) is 11.2. The molecule has 13 heteroatoms. The van der Waals surface area contributed by atoms with Crippen molar-refractivity contribution in [2.45, 2.75) is 11.5 Å². The third-order valence-corrected chi connectivity index (χ3v) is 6.84. The lowest BCUT2D eigenvalue weighted by Crippen LogP contribution is -2.15. The van der Waals surface area contributed by atoms with Gasteiger partial charge in [-0.15, -0.1) is 10.2 Å². The van der Waals surface area contributed by atoms with Crippen LogP contribution >= 0.6 is 34.8 Å². The van der Waals surface area contributed by atoms with E-state index in [9.17, 15) is 13.2 Å². The fourth-order valence-corrected chi connectivity index (χ4v) is 4.24. The number of amides is 1. The number of anilines is 2. The quantitative estimate of drug-likeness (QED) is 0.288. The maximum Gasteiger partial charge on any atom is 0.291 e. The highest BCUT2D eigenvalue weighted by molar-refractivity contribution is 7.92. The molecule has 2 heterocycles. The summed E-state index contributed by atoms with van der Waals surface area (Å²) in [5, 5.41) is 10.6. The molecule has 2 aromatic heterocycles. The number of sulfonamides is 1. The molecule has 2 N–H and O–H groups in total. The van der Waals surface area contributed by atoms with Gasteiger partial charge in [-0.05, 0) is 60.7 Å². The molecule has 0 saturated heterocycles. The summed E-state index contributed by atoms with van der Waals surface area (Å²) in [4.78, 5) is 12.5. The summed E-state index contributed by atoms with van der Waals surface area (Å²) in [7, 11) is -3.91. The fourth-order valence-electron chi connectivity index (χ4n) is 2.80. The van der Waals surface area contributed by atoms with Gasteiger partial charge in [0.2, 0.25) is 0 Å². The van der Waals surface area contributed by atoms with Crippen molar-refractivity contribution in [1.29, 1.82) is 0 Å². The first kappa shape index (κ1) is 24.8. The predicted molar refractivity (Wildman–Crippen MR) is 132 cm³/mol. The molecule has 0 atom stereocenters. The van der Waals surface area contributed by atoms with Crippen LogP contribution in [0.1, 0.15) is 16.3 Å². The Morgan fingerprint density at radius 1 is 0.943 bits per heavy atom. The van der Waals surface area contributed by atoms with Gasteiger partial charge >= 0.3 is 0 Å². The zero-order valence-corrected chi connectivity index (χ0v) is 20.6. The van der Waals surface area contributed by atoms with E-state index in [0.717, 1.165) is 0 Å². The summed E-state index contributed by atoms with van der Waals surface area (Å²) < 4.78 is 38.4. The zero-order chi connectivity index (χ0) is 25.0. The molecule has 0 unspecified atom stereocenters. The van der Waals surface area contributed by atoms with E-state index in [-0.39, 0.29) is 33.3 Å². The molecular weight excluding hydrogens is 539 g/mol. The second-order valence-corrected chi connectivity index (χ2v) is 9.79. The van der Waals surface area contributed by atoms with Gasteiger partial charge in [0.25, 0.3) is 15.9 Å². The molecule has 0 saturated carbocycles.